The van der Waals surface area contributed by atoms with E-state index in [2.05, 4.69) is 27.5 Å². The molecule has 0 radical (unpaired) electrons. The number of carbonyl (C=O) groups is 2. The maximum atomic E-state index is 12.4. The zero-order chi connectivity index (χ0) is 21.9. The molecule has 8 nitrogen and oxygen atoms in total. The minimum Gasteiger partial charge on any atom is -0.483 e. The van der Waals surface area contributed by atoms with E-state index in [0.717, 1.165) is 22.4 Å². The van der Waals surface area contributed by atoms with Crippen molar-refractivity contribution >= 4 is 12.4 Å². The van der Waals surface area contributed by atoms with Crippen LogP contribution in [0.15, 0.2) is 55.0 Å². The van der Waals surface area contributed by atoms with E-state index < -0.39 is 0 Å². The number of aliphatic hydroxyl groups excluding tert-OH is 1. The average Bonchev–Trinajstić information content (AvgIpc) is 3.29. The molecule has 0 aliphatic rings. The van der Waals surface area contributed by atoms with Crippen molar-refractivity contribution in [2.45, 2.75) is 32.7 Å². The molecule has 1 aromatic carbocycles. The normalized spacial score (nSPS) is 11.2. The first-order valence-electron chi connectivity index (χ1n) is 9.56. The van der Waals surface area contributed by atoms with Crippen LogP contribution in [0.4, 0.5) is 0 Å². The van der Waals surface area contributed by atoms with Crippen molar-refractivity contribution in [3.63, 3.8) is 0 Å². The molecule has 0 bridgehead atoms. The quantitative estimate of drug-likeness (QED) is 0.515. The van der Waals surface area contributed by atoms with E-state index >= 15 is 0 Å². The molecule has 3 rings (SSSR count). The summed E-state index contributed by atoms with van der Waals surface area (Å²) in [4.78, 5) is 25.0. The fourth-order valence-corrected chi connectivity index (χ4v) is 2.82. The van der Waals surface area contributed by atoms with Gasteiger partial charge in [-0.1, -0.05) is 19.1 Å². The number of nitrogens with one attached hydrogen (secondary N) is 1. The summed E-state index contributed by atoms with van der Waals surface area (Å²) in [6.07, 6.45) is 6.76. The van der Waals surface area contributed by atoms with Gasteiger partial charge in [-0.05, 0) is 60.7 Å². The number of pyridine rings is 1. The molecule has 8 heteroatoms. The van der Waals surface area contributed by atoms with E-state index in [-0.39, 0.29) is 25.0 Å². The van der Waals surface area contributed by atoms with Crippen molar-refractivity contribution < 1.29 is 19.8 Å². The lowest BCUT2D eigenvalue weighted by molar-refractivity contribution is -0.122. The summed E-state index contributed by atoms with van der Waals surface area (Å²) in [5.74, 6) is -0.258. The first-order valence-corrected chi connectivity index (χ1v) is 9.56. The molecule has 30 heavy (non-hydrogen) atoms. The second-order valence-electron chi connectivity index (χ2n) is 6.66. The van der Waals surface area contributed by atoms with E-state index in [1.807, 2.05) is 49.0 Å². The molecule has 2 heterocycles. The summed E-state index contributed by atoms with van der Waals surface area (Å²) < 4.78 is 1.81. The van der Waals surface area contributed by atoms with E-state index in [1.165, 1.54) is 0 Å². The molecular weight excluding hydrogens is 384 g/mol. The highest BCUT2D eigenvalue weighted by atomic mass is 16.3. The van der Waals surface area contributed by atoms with Crippen LogP contribution >= 0.6 is 0 Å². The van der Waals surface area contributed by atoms with Gasteiger partial charge in [0.1, 0.15) is 5.69 Å². The lowest BCUT2D eigenvalue weighted by Gasteiger charge is -2.14. The van der Waals surface area contributed by atoms with Crippen LogP contribution in [-0.4, -0.2) is 50.0 Å². The fourth-order valence-electron chi connectivity index (χ4n) is 2.82. The summed E-state index contributed by atoms with van der Waals surface area (Å²) in [6.45, 7) is 3.58. The maximum absolute atomic E-state index is 12.4. The number of rotatable bonds is 7. The number of aromatic nitrogens is 3. The molecule has 158 valence electrons. The Labute approximate surface area is 175 Å². The molecule has 0 aliphatic heterocycles. The number of carboxylic acid groups (broad SMARTS) is 1. The predicted octanol–water partition coefficient (Wildman–Crippen LogP) is 2.37. The van der Waals surface area contributed by atoms with Gasteiger partial charge in [0.05, 0.1) is 18.3 Å². The second-order valence-corrected chi connectivity index (χ2v) is 6.66. The largest absolute Gasteiger partial charge is 0.483 e. The topological polar surface area (TPSA) is 117 Å². The van der Waals surface area contributed by atoms with E-state index in [4.69, 9.17) is 9.90 Å². The molecule has 1 atom stereocenters. The van der Waals surface area contributed by atoms with Gasteiger partial charge in [-0.15, -0.1) is 0 Å². The third-order valence-corrected chi connectivity index (χ3v) is 4.60. The molecule has 0 fully saturated rings. The van der Waals surface area contributed by atoms with E-state index in [0.29, 0.717) is 18.5 Å². The van der Waals surface area contributed by atoms with Crippen molar-refractivity contribution in [1.29, 1.82) is 0 Å². The minimum atomic E-state index is -0.258. The van der Waals surface area contributed by atoms with Crippen molar-refractivity contribution in [3.8, 4) is 5.69 Å². The van der Waals surface area contributed by atoms with Crippen LogP contribution in [-0.2, 0) is 11.2 Å². The van der Waals surface area contributed by atoms with Crippen molar-refractivity contribution in [2.75, 3.05) is 6.61 Å². The minimum absolute atomic E-state index is 0.0798. The molecule has 0 saturated heterocycles. The number of carbonyl (C=O) groups excluding carboxylic acids is 1. The number of amides is 1. The van der Waals surface area contributed by atoms with Gasteiger partial charge >= 0.3 is 0 Å². The van der Waals surface area contributed by atoms with E-state index in [1.54, 1.807) is 12.4 Å². The molecule has 0 aliphatic carbocycles. The highest BCUT2D eigenvalue weighted by Gasteiger charge is 2.14. The van der Waals surface area contributed by atoms with Crippen LogP contribution in [0.2, 0.25) is 0 Å². The van der Waals surface area contributed by atoms with Crippen molar-refractivity contribution in [2.24, 2.45) is 0 Å². The van der Waals surface area contributed by atoms with Gasteiger partial charge < -0.3 is 15.5 Å². The number of hydrogen-bond acceptors (Lipinski definition) is 5. The third kappa shape index (κ3) is 6.25. The summed E-state index contributed by atoms with van der Waals surface area (Å²) in [7, 11) is 0. The highest BCUT2D eigenvalue weighted by Crippen LogP contribution is 2.16. The number of aliphatic hydroxyl groups is 1. The molecule has 2 aromatic heterocycles. The van der Waals surface area contributed by atoms with Gasteiger partial charge in [-0.25, -0.2) is 4.68 Å². The number of hydrogen-bond donors (Lipinski definition) is 3. The van der Waals surface area contributed by atoms with Gasteiger partial charge in [-0.3, -0.25) is 14.6 Å². The highest BCUT2D eigenvalue weighted by molar-refractivity contribution is 5.92. The van der Waals surface area contributed by atoms with Crippen LogP contribution in [0.1, 0.15) is 40.5 Å². The van der Waals surface area contributed by atoms with Gasteiger partial charge in [0, 0.05) is 18.6 Å². The van der Waals surface area contributed by atoms with Gasteiger partial charge in [0.25, 0.3) is 12.4 Å². The number of benzene rings is 1. The molecule has 1 amide bonds. The average molecular weight is 410 g/mol. The maximum Gasteiger partial charge on any atom is 0.290 e. The number of aryl methyl sites for hydroxylation is 1. The van der Waals surface area contributed by atoms with Crippen molar-refractivity contribution in [1.82, 2.24) is 20.1 Å². The Bertz CT molecular complexity index is 936. The summed E-state index contributed by atoms with van der Waals surface area (Å²) in [6, 6.07) is 11.7. The Hall–Kier alpha value is -3.52. The Morgan fingerprint density at radius 2 is 2.00 bits per heavy atom. The molecule has 3 aromatic rings. The standard InChI is InChI=1S/C21H24N4O2.CH2O2/c1-3-18(14-26)24-21(27)20-12-17(15(2)13-22-20)11-16-5-7-19(8-6-16)25-10-4-9-23-25;2-1-3/h4-10,12-13,18,26H,3,11,14H2,1-2H3,(H,24,27);1H,(H,2,3)/t18-;/m0./s1. The molecular formula is C22H26N4O4. The monoisotopic (exact) mass is 410 g/mol. The number of nitrogens with zero attached hydrogens (tertiary/aromatic N) is 3. The second kappa shape index (κ2) is 11.5. The van der Waals surface area contributed by atoms with Crippen LogP contribution in [0.3, 0.4) is 0 Å². The summed E-state index contributed by atoms with van der Waals surface area (Å²) in [5.41, 5.74) is 4.62. The SMILES string of the molecule is CC[C@@H](CO)NC(=O)c1cc(Cc2ccc(-n3cccn3)cc2)c(C)cn1.O=CO. The Morgan fingerprint density at radius 1 is 1.30 bits per heavy atom. The lowest BCUT2D eigenvalue weighted by Crippen LogP contribution is -2.37. The fraction of sp³-hybridized carbons (Fsp3) is 0.273. The van der Waals surface area contributed by atoms with Crippen LogP contribution in [0, 0.1) is 6.92 Å². The van der Waals surface area contributed by atoms with Crippen LogP contribution < -0.4 is 5.32 Å². The molecule has 0 spiro atoms. The first-order chi connectivity index (χ1) is 14.5. The van der Waals surface area contributed by atoms with Crippen molar-refractivity contribution in [3.05, 3.63) is 77.4 Å². The smallest absolute Gasteiger partial charge is 0.290 e. The molecule has 3 N–H and O–H groups in total. The first kappa shape index (κ1) is 22.8. The van der Waals surface area contributed by atoms with Gasteiger partial charge in [0.15, 0.2) is 0 Å². The zero-order valence-corrected chi connectivity index (χ0v) is 17.0. The summed E-state index contributed by atoms with van der Waals surface area (Å²) in [5, 5.41) is 23.2. The van der Waals surface area contributed by atoms with Crippen LogP contribution in [0.5, 0.6) is 0 Å². The predicted molar refractivity (Wildman–Crippen MR) is 113 cm³/mol. The third-order valence-electron chi connectivity index (χ3n) is 4.60. The van der Waals surface area contributed by atoms with Crippen LogP contribution in [0.25, 0.3) is 5.69 Å². The molecule has 0 unspecified atom stereocenters. The Balaban J connectivity index is 0.00000101. The Morgan fingerprint density at radius 3 is 2.57 bits per heavy atom. The summed E-state index contributed by atoms with van der Waals surface area (Å²) >= 11 is 0. The van der Waals surface area contributed by atoms with Gasteiger partial charge in [0.2, 0.25) is 0 Å². The van der Waals surface area contributed by atoms with E-state index in [9.17, 15) is 9.90 Å². The lowest BCUT2D eigenvalue weighted by atomic mass is 10.0. The zero-order valence-electron chi connectivity index (χ0n) is 17.0. The van der Waals surface area contributed by atoms with Gasteiger partial charge in [-0.2, -0.15) is 5.10 Å². The molecule has 0 saturated carbocycles. The Kier molecular flexibility index (Phi) is 8.71.